The maximum absolute atomic E-state index is 10.2. The fourth-order valence-corrected chi connectivity index (χ4v) is 3.02. The highest BCUT2D eigenvalue weighted by Crippen LogP contribution is 2.35. The number of rotatable bonds is 3. The number of hydrogen-bond donors (Lipinski definition) is 2. The normalized spacial score (nSPS) is 17.3. The summed E-state index contributed by atoms with van der Waals surface area (Å²) in [6.07, 6.45) is 4.38. The van der Waals surface area contributed by atoms with E-state index >= 15 is 0 Å². The van der Waals surface area contributed by atoms with E-state index in [1.165, 1.54) is 6.07 Å². The second-order valence-corrected chi connectivity index (χ2v) is 6.12. The van der Waals surface area contributed by atoms with Gasteiger partial charge >= 0.3 is 0 Å². The molecule has 0 radical (unpaired) electrons. The molecule has 0 amide bonds. The summed E-state index contributed by atoms with van der Waals surface area (Å²) in [7, 11) is 0. The maximum Gasteiger partial charge on any atom is 0.158 e. The molecule has 3 heterocycles. The van der Waals surface area contributed by atoms with E-state index in [0.29, 0.717) is 28.7 Å². The fraction of sp³-hybridized carbons (Fsp3) is 0.235. The predicted octanol–water partition coefficient (Wildman–Crippen LogP) is 3.25. The number of halogens is 1. The molecule has 0 aliphatic carbocycles. The highest BCUT2D eigenvalue weighted by atomic mass is 35.5. The van der Waals surface area contributed by atoms with Crippen molar-refractivity contribution in [1.29, 1.82) is 0 Å². The molecule has 0 saturated carbocycles. The van der Waals surface area contributed by atoms with Crippen LogP contribution in [0.1, 0.15) is 6.42 Å². The van der Waals surface area contributed by atoms with E-state index in [1.807, 2.05) is 6.07 Å². The number of ether oxygens (including phenoxy) is 1. The summed E-state index contributed by atoms with van der Waals surface area (Å²) in [4.78, 5) is 4.20. The molecule has 7 heteroatoms. The van der Waals surface area contributed by atoms with Gasteiger partial charge in [0.05, 0.1) is 12.6 Å². The van der Waals surface area contributed by atoms with Crippen molar-refractivity contribution in [3.63, 3.8) is 0 Å². The highest BCUT2D eigenvalue weighted by Gasteiger charge is 2.19. The molecular formula is C17H15ClN4O2. The van der Waals surface area contributed by atoms with Crippen LogP contribution in [-0.4, -0.2) is 39.5 Å². The predicted molar refractivity (Wildman–Crippen MR) is 92.3 cm³/mol. The standard InChI is InChI=1S/C17H15ClN4O2/c18-10-1-2-13(15(23)7-10)16-12-3-5-19-8-14(12)17(22-21-16)20-11-4-6-24-9-11/h1-3,5,7-8,11,23H,4,6,9H2,(H,20,22). The van der Waals surface area contributed by atoms with Gasteiger partial charge in [-0.25, -0.2) is 0 Å². The monoisotopic (exact) mass is 342 g/mol. The van der Waals surface area contributed by atoms with Crippen molar-refractivity contribution in [2.45, 2.75) is 12.5 Å². The van der Waals surface area contributed by atoms with Crippen LogP contribution in [0.3, 0.4) is 0 Å². The number of nitrogens with one attached hydrogen (secondary N) is 1. The number of phenolic OH excluding ortho intramolecular Hbond substituents is 1. The van der Waals surface area contributed by atoms with Crippen molar-refractivity contribution in [1.82, 2.24) is 15.2 Å². The van der Waals surface area contributed by atoms with Crippen LogP contribution in [0.4, 0.5) is 5.82 Å². The van der Waals surface area contributed by atoms with Crippen LogP contribution >= 0.6 is 11.6 Å². The molecule has 1 atom stereocenters. The molecule has 122 valence electrons. The number of nitrogens with zero attached hydrogens (tertiary/aromatic N) is 3. The molecule has 2 aromatic heterocycles. The molecule has 1 fully saturated rings. The van der Waals surface area contributed by atoms with Crippen molar-refractivity contribution >= 4 is 28.2 Å². The van der Waals surface area contributed by atoms with Gasteiger partial charge in [0.1, 0.15) is 11.4 Å². The molecule has 0 spiro atoms. The minimum absolute atomic E-state index is 0.0693. The summed E-state index contributed by atoms with van der Waals surface area (Å²) in [5.74, 6) is 0.741. The van der Waals surface area contributed by atoms with Gasteiger partial charge in [0.2, 0.25) is 0 Å². The molecule has 3 aromatic rings. The van der Waals surface area contributed by atoms with Gasteiger partial charge in [-0.3, -0.25) is 4.98 Å². The van der Waals surface area contributed by atoms with Crippen molar-refractivity contribution in [2.24, 2.45) is 0 Å². The molecule has 1 aromatic carbocycles. The van der Waals surface area contributed by atoms with Crippen LogP contribution < -0.4 is 5.32 Å². The van der Waals surface area contributed by atoms with Crippen LogP contribution in [0.25, 0.3) is 22.0 Å². The van der Waals surface area contributed by atoms with Gasteiger partial charge in [-0.15, -0.1) is 10.2 Å². The number of benzene rings is 1. The minimum Gasteiger partial charge on any atom is -0.507 e. The van der Waals surface area contributed by atoms with Crippen molar-refractivity contribution in [3.05, 3.63) is 41.7 Å². The largest absolute Gasteiger partial charge is 0.507 e. The SMILES string of the molecule is Oc1cc(Cl)ccc1-c1nnc(NC2CCOC2)c2cnccc12. The van der Waals surface area contributed by atoms with Gasteiger partial charge in [-0.2, -0.15) is 0 Å². The number of fused-ring (bicyclic) bond motifs is 1. The van der Waals surface area contributed by atoms with E-state index in [0.717, 1.165) is 23.8 Å². The summed E-state index contributed by atoms with van der Waals surface area (Å²) in [6, 6.07) is 7.03. The molecule has 1 unspecified atom stereocenters. The topological polar surface area (TPSA) is 80.2 Å². The number of pyridine rings is 1. The molecule has 1 saturated heterocycles. The Labute approximate surface area is 143 Å². The molecular weight excluding hydrogens is 328 g/mol. The molecule has 24 heavy (non-hydrogen) atoms. The molecule has 2 N–H and O–H groups in total. The first-order chi connectivity index (χ1) is 11.7. The summed E-state index contributed by atoms with van der Waals surface area (Å²) in [5, 5.41) is 24.4. The minimum atomic E-state index is 0.0693. The van der Waals surface area contributed by atoms with Crippen molar-refractivity contribution in [2.75, 3.05) is 18.5 Å². The van der Waals surface area contributed by atoms with Gasteiger partial charge in [-0.05, 0) is 30.7 Å². The fourth-order valence-electron chi connectivity index (χ4n) is 2.85. The van der Waals surface area contributed by atoms with E-state index in [1.54, 1.807) is 24.5 Å². The quantitative estimate of drug-likeness (QED) is 0.760. The lowest BCUT2D eigenvalue weighted by Gasteiger charge is -2.14. The second kappa shape index (κ2) is 6.22. The van der Waals surface area contributed by atoms with Crippen molar-refractivity contribution < 1.29 is 9.84 Å². The molecule has 1 aliphatic rings. The number of aromatic nitrogens is 3. The number of hydrogen-bond acceptors (Lipinski definition) is 6. The zero-order valence-corrected chi connectivity index (χ0v) is 13.5. The molecule has 4 rings (SSSR count). The third-order valence-corrected chi connectivity index (χ3v) is 4.30. The van der Waals surface area contributed by atoms with Crippen LogP contribution in [0.15, 0.2) is 36.7 Å². The Morgan fingerprint density at radius 2 is 2.12 bits per heavy atom. The average Bonchev–Trinajstić information content (AvgIpc) is 3.09. The summed E-state index contributed by atoms with van der Waals surface area (Å²) >= 11 is 5.92. The molecule has 6 nitrogen and oxygen atoms in total. The Morgan fingerprint density at radius 1 is 1.21 bits per heavy atom. The van der Waals surface area contributed by atoms with Gasteiger partial charge in [0.25, 0.3) is 0 Å². The third-order valence-electron chi connectivity index (χ3n) is 4.07. The first-order valence-electron chi connectivity index (χ1n) is 7.66. The van der Waals surface area contributed by atoms with E-state index in [4.69, 9.17) is 16.3 Å². The first-order valence-corrected chi connectivity index (χ1v) is 8.04. The Kier molecular flexibility index (Phi) is 3.92. The van der Waals surface area contributed by atoms with Gasteiger partial charge in [0.15, 0.2) is 5.82 Å². The molecule has 1 aliphatic heterocycles. The Morgan fingerprint density at radius 3 is 2.92 bits per heavy atom. The van der Waals surface area contributed by atoms with E-state index in [-0.39, 0.29) is 11.8 Å². The first kappa shape index (κ1) is 15.1. The lowest BCUT2D eigenvalue weighted by molar-refractivity contribution is 0.195. The average molecular weight is 343 g/mol. The summed E-state index contributed by atoms with van der Waals surface area (Å²) in [5.41, 5.74) is 1.17. The molecule has 0 bridgehead atoms. The Bertz CT molecular complexity index is 897. The Balaban J connectivity index is 1.83. The summed E-state index contributed by atoms with van der Waals surface area (Å²) in [6.45, 7) is 1.40. The van der Waals surface area contributed by atoms with Crippen molar-refractivity contribution in [3.8, 4) is 17.0 Å². The van der Waals surface area contributed by atoms with Crippen LogP contribution in [-0.2, 0) is 4.74 Å². The van der Waals surface area contributed by atoms with Gasteiger partial charge in [0, 0.05) is 40.4 Å². The van der Waals surface area contributed by atoms with Crippen LogP contribution in [0.5, 0.6) is 5.75 Å². The van der Waals surface area contributed by atoms with E-state index < -0.39 is 0 Å². The smallest absolute Gasteiger partial charge is 0.158 e. The second-order valence-electron chi connectivity index (χ2n) is 5.68. The van der Waals surface area contributed by atoms with Gasteiger partial charge < -0.3 is 15.2 Å². The Hall–Kier alpha value is -2.44. The van der Waals surface area contributed by atoms with Crippen LogP contribution in [0, 0.1) is 0 Å². The summed E-state index contributed by atoms with van der Waals surface area (Å²) < 4.78 is 5.39. The van der Waals surface area contributed by atoms with Gasteiger partial charge in [-0.1, -0.05) is 11.6 Å². The maximum atomic E-state index is 10.2. The van der Waals surface area contributed by atoms with E-state index in [2.05, 4.69) is 20.5 Å². The lowest BCUT2D eigenvalue weighted by Crippen LogP contribution is -2.20. The number of phenols is 1. The van der Waals surface area contributed by atoms with E-state index in [9.17, 15) is 5.11 Å². The number of anilines is 1. The zero-order valence-electron chi connectivity index (χ0n) is 12.7. The lowest BCUT2D eigenvalue weighted by atomic mass is 10.1. The van der Waals surface area contributed by atoms with Crippen LogP contribution in [0.2, 0.25) is 5.02 Å². The zero-order chi connectivity index (χ0) is 16.5. The third kappa shape index (κ3) is 2.74. The number of aromatic hydroxyl groups is 1. The highest BCUT2D eigenvalue weighted by molar-refractivity contribution is 6.30.